The maximum Gasteiger partial charge on any atom is 0.237 e. The molecule has 0 aliphatic carbocycles. The molecule has 4 nitrogen and oxygen atoms in total. The van der Waals surface area contributed by atoms with E-state index in [0.29, 0.717) is 0 Å². The highest BCUT2D eigenvalue weighted by molar-refractivity contribution is 5.84. The van der Waals surface area contributed by atoms with Gasteiger partial charge in [-0.2, -0.15) is 0 Å². The fraction of sp³-hybridized carbons (Fsp3) is 0.588. The minimum Gasteiger partial charge on any atom is -0.371 e. The molecule has 1 heterocycles. The van der Waals surface area contributed by atoms with Crippen LogP contribution < -0.4 is 16.0 Å². The van der Waals surface area contributed by atoms with Gasteiger partial charge in [0.1, 0.15) is 0 Å². The van der Waals surface area contributed by atoms with E-state index in [-0.39, 0.29) is 5.91 Å². The number of nitrogens with zero attached hydrogens (tertiary/aromatic N) is 1. The monoisotopic (exact) mass is 289 g/mol. The van der Waals surface area contributed by atoms with Crippen LogP contribution in [0, 0.1) is 0 Å². The number of carbonyl (C=O) groups is 1. The molecular formula is C17H27N3O. The fourth-order valence-corrected chi connectivity index (χ4v) is 3.05. The first-order valence-corrected chi connectivity index (χ1v) is 7.94. The molecule has 1 aromatic rings. The molecule has 1 aliphatic rings. The largest absolute Gasteiger partial charge is 0.371 e. The second-order valence-corrected chi connectivity index (χ2v) is 6.05. The maximum atomic E-state index is 11.7. The summed E-state index contributed by atoms with van der Waals surface area (Å²) >= 11 is 0. The third-order valence-corrected chi connectivity index (χ3v) is 4.45. The van der Waals surface area contributed by atoms with Gasteiger partial charge in [-0.05, 0) is 50.8 Å². The first-order chi connectivity index (χ1) is 10.1. The average molecular weight is 289 g/mol. The zero-order chi connectivity index (χ0) is 15.3. The Kier molecular flexibility index (Phi) is 5.23. The van der Waals surface area contributed by atoms with E-state index in [4.69, 9.17) is 5.73 Å². The highest BCUT2D eigenvalue weighted by Crippen LogP contribution is 2.27. The highest BCUT2D eigenvalue weighted by Gasteiger charge is 2.30. The molecule has 3 N–H and O–H groups in total. The molecule has 2 rings (SSSR count). The Bertz CT molecular complexity index is 489. The van der Waals surface area contributed by atoms with Gasteiger partial charge in [0.2, 0.25) is 5.91 Å². The number of fused-ring (bicyclic) bond motifs is 1. The van der Waals surface area contributed by atoms with E-state index in [1.165, 1.54) is 24.1 Å². The van der Waals surface area contributed by atoms with Crippen molar-refractivity contribution >= 4 is 11.6 Å². The summed E-state index contributed by atoms with van der Waals surface area (Å²) in [4.78, 5) is 14.1. The van der Waals surface area contributed by atoms with Crippen molar-refractivity contribution in [3.05, 3.63) is 29.8 Å². The normalized spacial score (nSPS) is 17.7. The number of rotatable bonds is 6. The van der Waals surface area contributed by atoms with E-state index < -0.39 is 5.54 Å². The molecule has 1 amide bonds. The number of amides is 1. The number of nitrogens with two attached hydrogens (primary N) is 1. The SMILES string of the molecule is CCNC(C)(CCN1CCCCc2ccccc21)C(N)=O. The van der Waals surface area contributed by atoms with Gasteiger partial charge in [-0.25, -0.2) is 0 Å². The van der Waals surface area contributed by atoms with Gasteiger partial charge in [0.05, 0.1) is 5.54 Å². The van der Waals surface area contributed by atoms with E-state index in [1.54, 1.807) is 0 Å². The van der Waals surface area contributed by atoms with Crippen LogP contribution in [0.5, 0.6) is 0 Å². The maximum absolute atomic E-state index is 11.7. The Morgan fingerprint density at radius 1 is 1.38 bits per heavy atom. The number of hydrogen-bond donors (Lipinski definition) is 2. The van der Waals surface area contributed by atoms with Gasteiger partial charge >= 0.3 is 0 Å². The zero-order valence-electron chi connectivity index (χ0n) is 13.2. The fourth-order valence-electron chi connectivity index (χ4n) is 3.05. The number of para-hydroxylation sites is 1. The van der Waals surface area contributed by atoms with E-state index in [9.17, 15) is 4.79 Å². The summed E-state index contributed by atoms with van der Waals surface area (Å²) in [6.07, 6.45) is 4.30. The lowest BCUT2D eigenvalue weighted by Crippen LogP contribution is -2.54. The van der Waals surface area contributed by atoms with Crippen LogP contribution in [0.1, 0.15) is 38.7 Å². The van der Waals surface area contributed by atoms with Crippen LogP contribution in [-0.2, 0) is 11.2 Å². The molecule has 0 radical (unpaired) electrons. The Morgan fingerprint density at radius 3 is 2.86 bits per heavy atom. The molecule has 0 bridgehead atoms. The highest BCUT2D eigenvalue weighted by atomic mass is 16.1. The van der Waals surface area contributed by atoms with Crippen LogP contribution in [0.3, 0.4) is 0 Å². The average Bonchev–Trinajstić information content (AvgIpc) is 2.67. The number of likely N-dealkylation sites (N-methyl/N-ethyl adjacent to an activating group) is 1. The van der Waals surface area contributed by atoms with Crippen molar-refractivity contribution in [1.29, 1.82) is 0 Å². The smallest absolute Gasteiger partial charge is 0.237 e. The van der Waals surface area contributed by atoms with Crippen LogP contribution >= 0.6 is 0 Å². The first-order valence-electron chi connectivity index (χ1n) is 7.94. The summed E-state index contributed by atoms with van der Waals surface area (Å²) in [5.41, 5.74) is 7.68. The molecule has 1 aromatic carbocycles. The van der Waals surface area contributed by atoms with E-state index in [0.717, 1.165) is 32.5 Å². The van der Waals surface area contributed by atoms with Gasteiger partial charge in [-0.3, -0.25) is 4.79 Å². The molecule has 0 fully saturated rings. The minimum atomic E-state index is -0.629. The lowest BCUT2D eigenvalue weighted by atomic mass is 9.96. The summed E-state index contributed by atoms with van der Waals surface area (Å²) in [6, 6.07) is 8.60. The topological polar surface area (TPSA) is 58.4 Å². The van der Waals surface area contributed by atoms with Gasteiger partial charge < -0.3 is 16.0 Å². The standard InChI is InChI=1S/C17H27N3O/c1-3-19-17(2,16(18)21)11-13-20-12-7-6-9-14-8-4-5-10-15(14)20/h4-5,8,10,19H,3,6-7,9,11-13H2,1-2H3,(H2,18,21). The van der Waals surface area contributed by atoms with Gasteiger partial charge in [-0.1, -0.05) is 25.1 Å². The Morgan fingerprint density at radius 2 is 2.14 bits per heavy atom. The van der Waals surface area contributed by atoms with Crippen molar-refractivity contribution < 1.29 is 4.79 Å². The Labute approximate surface area is 127 Å². The summed E-state index contributed by atoms with van der Waals surface area (Å²) in [5.74, 6) is -0.271. The van der Waals surface area contributed by atoms with Crippen molar-refractivity contribution in [2.24, 2.45) is 5.73 Å². The predicted octanol–water partition coefficient (Wildman–Crippen LogP) is 2.07. The molecule has 0 saturated heterocycles. The molecule has 1 atom stereocenters. The molecule has 4 heteroatoms. The Balaban J connectivity index is 2.10. The second kappa shape index (κ2) is 6.94. The van der Waals surface area contributed by atoms with Gasteiger partial charge in [0.15, 0.2) is 0 Å². The van der Waals surface area contributed by atoms with Crippen molar-refractivity contribution in [1.82, 2.24) is 5.32 Å². The van der Waals surface area contributed by atoms with Crippen LogP contribution in [0.25, 0.3) is 0 Å². The number of carbonyl (C=O) groups excluding carboxylic acids is 1. The quantitative estimate of drug-likeness (QED) is 0.843. The summed E-state index contributed by atoms with van der Waals surface area (Å²) < 4.78 is 0. The van der Waals surface area contributed by atoms with Crippen molar-refractivity contribution in [3.8, 4) is 0 Å². The lowest BCUT2D eigenvalue weighted by molar-refractivity contribution is -0.124. The van der Waals surface area contributed by atoms with Crippen LogP contribution in [0.15, 0.2) is 24.3 Å². The zero-order valence-corrected chi connectivity index (χ0v) is 13.2. The molecule has 1 aliphatic heterocycles. The van der Waals surface area contributed by atoms with Crippen molar-refractivity contribution in [3.63, 3.8) is 0 Å². The number of aryl methyl sites for hydroxylation is 1. The molecule has 116 valence electrons. The third kappa shape index (κ3) is 3.76. The summed E-state index contributed by atoms with van der Waals surface area (Å²) in [7, 11) is 0. The molecule has 0 saturated carbocycles. The molecule has 0 aromatic heterocycles. The number of benzene rings is 1. The number of anilines is 1. The number of nitrogens with one attached hydrogen (secondary N) is 1. The minimum absolute atomic E-state index is 0.271. The van der Waals surface area contributed by atoms with Crippen molar-refractivity contribution in [2.45, 2.75) is 45.1 Å². The van der Waals surface area contributed by atoms with Crippen LogP contribution in [0.2, 0.25) is 0 Å². The molecule has 1 unspecified atom stereocenters. The van der Waals surface area contributed by atoms with E-state index in [1.807, 2.05) is 13.8 Å². The van der Waals surface area contributed by atoms with Gasteiger partial charge in [0.25, 0.3) is 0 Å². The van der Waals surface area contributed by atoms with E-state index in [2.05, 4.69) is 34.5 Å². The number of primary amides is 1. The molecule has 21 heavy (non-hydrogen) atoms. The molecular weight excluding hydrogens is 262 g/mol. The van der Waals surface area contributed by atoms with Gasteiger partial charge in [0, 0.05) is 18.8 Å². The van der Waals surface area contributed by atoms with Gasteiger partial charge in [-0.15, -0.1) is 0 Å². The van der Waals surface area contributed by atoms with Crippen LogP contribution in [0.4, 0.5) is 5.69 Å². The third-order valence-electron chi connectivity index (χ3n) is 4.45. The predicted molar refractivity (Wildman–Crippen MR) is 87.5 cm³/mol. The summed E-state index contributed by atoms with van der Waals surface area (Å²) in [6.45, 7) is 6.56. The van der Waals surface area contributed by atoms with Crippen molar-refractivity contribution in [2.75, 3.05) is 24.5 Å². The molecule has 0 spiro atoms. The van der Waals surface area contributed by atoms with Crippen LogP contribution in [-0.4, -0.2) is 31.1 Å². The second-order valence-electron chi connectivity index (χ2n) is 6.05. The lowest BCUT2D eigenvalue weighted by Gasteiger charge is -2.32. The van der Waals surface area contributed by atoms with E-state index >= 15 is 0 Å². The first kappa shape index (κ1) is 15.8. The number of hydrogen-bond acceptors (Lipinski definition) is 3. The summed E-state index contributed by atoms with van der Waals surface area (Å²) in [5, 5.41) is 3.24. The Hall–Kier alpha value is -1.55.